The average molecular weight is 549 g/mol. The van der Waals surface area contributed by atoms with Gasteiger partial charge in [0.25, 0.3) is 0 Å². The molecule has 1 fully saturated rings. The predicted molar refractivity (Wildman–Crippen MR) is 124 cm³/mol. The Labute approximate surface area is 185 Å². The molecule has 0 spiro atoms. The van der Waals surface area contributed by atoms with Crippen LogP contribution in [0.25, 0.3) is 0 Å². The summed E-state index contributed by atoms with van der Waals surface area (Å²) >= 11 is 1.19. The zero-order valence-corrected chi connectivity index (χ0v) is 20.4. The van der Waals surface area contributed by atoms with Crippen LogP contribution < -0.4 is 15.4 Å². The molecule has 1 heterocycles. The van der Waals surface area contributed by atoms with Crippen LogP contribution in [0.5, 0.6) is 0 Å². The number of rotatable bonds is 8. The molecule has 0 bridgehead atoms. The molecular formula is C16H29IN4O3S3. The zero-order chi connectivity index (χ0) is 19.0. The monoisotopic (exact) mass is 548 g/mol. The normalized spacial score (nSPS) is 21.9. The summed E-state index contributed by atoms with van der Waals surface area (Å²) in [6, 6.07) is 3.55. The number of halogens is 1. The van der Waals surface area contributed by atoms with E-state index in [9.17, 15) is 12.6 Å². The van der Waals surface area contributed by atoms with Crippen molar-refractivity contribution >= 4 is 62.1 Å². The highest BCUT2D eigenvalue weighted by molar-refractivity contribution is 14.0. The number of hydrogen-bond acceptors (Lipinski definition) is 5. The molecule has 0 saturated heterocycles. The molecule has 0 amide bonds. The Morgan fingerprint density at radius 1 is 1.37 bits per heavy atom. The summed E-state index contributed by atoms with van der Waals surface area (Å²) in [7, 11) is -2.50. The van der Waals surface area contributed by atoms with E-state index in [1.807, 2.05) is 6.92 Å². The largest absolute Gasteiger partial charge is 0.355 e. The molecule has 3 atom stereocenters. The summed E-state index contributed by atoms with van der Waals surface area (Å²) in [5.74, 6) is 1.35. The maximum Gasteiger partial charge on any atom is 0.250 e. The molecular weight excluding hydrogens is 519 g/mol. The fraction of sp³-hybridized carbons (Fsp3) is 0.688. The molecule has 2 rings (SSSR count). The Balaban J connectivity index is 0.00000364. The van der Waals surface area contributed by atoms with Crippen LogP contribution in [0.3, 0.4) is 0 Å². The second-order valence-corrected chi connectivity index (χ2v) is 11.1. The van der Waals surface area contributed by atoms with Gasteiger partial charge in [0.2, 0.25) is 10.0 Å². The number of guanidine groups is 1. The van der Waals surface area contributed by atoms with E-state index in [0.29, 0.717) is 22.5 Å². The van der Waals surface area contributed by atoms with Gasteiger partial charge in [0.1, 0.15) is 4.21 Å². The Morgan fingerprint density at radius 3 is 2.78 bits per heavy atom. The van der Waals surface area contributed by atoms with Crippen molar-refractivity contribution in [3.63, 3.8) is 0 Å². The first kappa shape index (κ1) is 24.8. The lowest BCUT2D eigenvalue weighted by atomic mass is 9.95. The maximum absolute atomic E-state index is 12.0. The van der Waals surface area contributed by atoms with E-state index in [2.05, 4.69) is 20.3 Å². The number of aliphatic imine (C=N–C) groups is 1. The summed E-state index contributed by atoms with van der Waals surface area (Å²) in [5, 5.41) is 8.49. The molecule has 1 saturated carbocycles. The molecule has 1 aromatic rings. The van der Waals surface area contributed by atoms with Gasteiger partial charge in [-0.2, -0.15) is 0 Å². The van der Waals surface area contributed by atoms with E-state index in [-0.39, 0.29) is 41.8 Å². The first-order valence-electron chi connectivity index (χ1n) is 8.83. The number of hydrogen-bond donors (Lipinski definition) is 3. The Bertz CT molecular complexity index is 711. The quantitative estimate of drug-likeness (QED) is 0.200. The van der Waals surface area contributed by atoms with Gasteiger partial charge in [-0.25, -0.2) is 13.1 Å². The highest BCUT2D eigenvalue weighted by Crippen LogP contribution is 2.23. The summed E-state index contributed by atoms with van der Waals surface area (Å²) in [4.78, 5) is 4.20. The number of thiophene rings is 1. The van der Waals surface area contributed by atoms with E-state index < -0.39 is 20.8 Å². The molecule has 3 unspecified atom stereocenters. The van der Waals surface area contributed by atoms with Crippen LogP contribution in [-0.4, -0.2) is 55.8 Å². The lowest BCUT2D eigenvalue weighted by molar-refractivity contribution is 0.413. The van der Waals surface area contributed by atoms with Crippen molar-refractivity contribution in [1.29, 1.82) is 0 Å². The molecule has 0 aliphatic heterocycles. The van der Waals surface area contributed by atoms with Crippen molar-refractivity contribution < 1.29 is 12.6 Å². The zero-order valence-electron chi connectivity index (χ0n) is 15.6. The summed E-state index contributed by atoms with van der Waals surface area (Å²) in [6.07, 6.45) is 4.00. The van der Waals surface area contributed by atoms with Gasteiger partial charge in [0.15, 0.2) is 5.96 Å². The minimum absolute atomic E-state index is 0. The van der Waals surface area contributed by atoms with E-state index in [4.69, 9.17) is 0 Å². The highest BCUT2D eigenvalue weighted by atomic mass is 127. The van der Waals surface area contributed by atoms with Crippen LogP contribution in [0.4, 0.5) is 0 Å². The van der Waals surface area contributed by atoms with Crippen LogP contribution in [0.2, 0.25) is 0 Å². The summed E-state index contributed by atoms with van der Waals surface area (Å²) < 4.78 is 39.0. The second kappa shape index (κ2) is 12.3. The van der Waals surface area contributed by atoms with Crippen molar-refractivity contribution in [2.75, 3.05) is 25.9 Å². The Hall–Kier alpha value is -0.240. The molecule has 27 heavy (non-hydrogen) atoms. The predicted octanol–water partition coefficient (Wildman–Crippen LogP) is 1.89. The number of sulfonamides is 1. The lowest BCUT2D eigenvalue weighted by Gasteiger charge is -2.30. The fourth-order valence-corrected chi connectivity index (χ4v) is 6.41. The summed E-state index contributed by atoms with van der Waals surface area (Å²) in [5.41, 5.74) is 0. The van der Waals surface area contributed by atoms with Gasteiger partial charge >= 0.3 is 0 Å². The highest BCUT2D eigenvalue weighted by Gasteiger charge is 2.26. The van der Waals surface area contributed by atoms with Gasteiger partial charge in [0, 0.05) is 48.0 Å². The molecule has 1 aliphatic carbocycles. The van der Waals surface area contributed by atoms with Crippen molar-refractivity contribution in [3.8, 4) is 0 Å². The maximum atomic E-state index is 12.0. The molecule has 156 valence electrons. The van der Waals surface area contributed by atoms with Crippen molar-refractivity contribution in [1.82, 2.24) is 15.4 Å². The van der Waals surface area contributed by atoms with Gasteiger partial charge in [-0.05, 0) is 30.7 Å². The molecule has 0 aromatic carbocycles. The number of nitrogens with one attached hydrogen (secondary N) is 3. The lowest BCUT2D eigenvalue weighted by Crippen LogP contribution is -2.48. The first-order chi connectivity index (χ1) is 12.5. The smallest absolute Gasteiger partial charge is 0.250 e. The van der Waals surface area contributed by atoms with Gasteiger partial charge in [0.05, 0.1) is 0 Å². The van der Waals surface area contributed by atoms with Crippen molar-refractivity contribution in [2.24, 2.45) is 4.99 Å². The van der Waals surface area contributed by atoms with Crippen LogP contribution >= 0.6 is 35.3 Å². The number of nitrogens with zero attached hydrogens (tertiary/aromatic N) is 1. The summed E-state index contributed by atoms with van der Waals surface area (Å²) in [6.45, 7) is 2.67. The van der Waals surface area contributed by atoms with E-state index in [1.54, 1.807) is 24.6 Å². The standard InChI is InChI=1S/C16H28N4O3S3.HI/c1-3-25(21)14-7-4-6-13(12-14)20-16(17-2)18-9-10-19-26(22,23)15-8-5-11-24-15;/h5,8,11,13-14,19H,3-4,6-7,9-10,12H2,1-2H3,(H2,17,18,20);1H. The molecule has 0 radical (unpaired) electrons. The third-order valence-electron chi connectivity index (χ3n) is 4.32. The van der Waals surface area contributed by atoms with Crippen LogP contribution in [-0.2, 0) is 20.8 Å². The SMILES string of the molecule is CCS(=O)C1CCCC(NC(=NC)NCCNS(=O)(=O)c2cccs2)C1.I. The van der Waals surface area contributed by atoms with Crippen LogP contribution in [0.1, 0.15) is 32.6 Å². The van der Waals surface area contributed by atoms with Crippen LogP contribution in [0.15, 0.2) is 26.7 Å². The first-order valence-corrected chi connectivity index (χ1v) is 12.6. The third kappa shape index (κ3) is 7.95. The van der Waals surface area contributed by atoms with Gasteiger partial charge in [-0.3, -0.25) is 9.20 Å². The van der Waals surface area contributed by atoms with Crippen molar-refractivity contribution in [3.05, 3.63) is 17.5 Å². The van der Waals surface area contributed by atoms with Gasteiger partial charge in [-0.15, -0.1) is 35.3 Å². The second-order valence-electron chi connectivity index (χ2n) is 6.13. The van der Waals surface area contributed by atoms with E-state index in [0.717, 1.165) is 25.7 Å². The minimum Gasteiger partial charge on any atom is -0.355 e. The van der Waals surface area contributed by atoms with Crippen molar-refractivity contribution in [2.45, 2.75) is 48.1 Å². The van der Waals surface area contributed by atoms with E-state index in [1.165, 1.54) is 11.3 Å². The average Bonchev–Trinajstić information content (AvgIpc) is 3.19. The van der Waals surface area contributed by atoms with E-state index >= 15 is 0 Å². The van der Waals surface area contributed by atoms with Gasteiger partial charge < -0.3 is 10.6 Å². The topological polar surface area (TPSA) is 99.7 Å². The Morgan fingerprint density at radius 2 is 2.15 bits per heavy atom. The minimum atomic E-state index is -3.43. The van der Waals surface area contributed by atoms with Gasteiger partial charge in [-0.1, -0.05) is 19.4 Å². The fourth-order valence-electron chi connectivity index (χ4n) is 2.99. The third-order valence-corrected chi connectivity index (χ3v) is 8.92. The molecule has 1 aromatic heterocycles. The van der Waals surface area contributed by atoms with Crippen LogP contribution in [0, 0.1) is 0 Å². The molecule has 1 aliphatic rings. The Kier molecular flexibility index (Phi) is 11.3. The molecule has 3 N–H and O–H groups in total. The molecule has 7 nitrogen and oxygen atoms in total. The molecule has 11 heteroatoms.